The summed E-state index contributed by atoms with van der Waals surface area (Å²) >= 11 is 0. The molecule has 0 bridgehead atoms. The molecule has 0 spiro atoms. The van der Waals surface area contributed by atoms with Gasteiger partial charge in [-0.15, -0.1) is 0 Å². The van der Waals surface area contributed by atoms with Crippen molar-refractivity contribution >= 4 is 0 Å². The fourth-order valence-corrected chi connectivity index (χ4v) is 2.77. The summed E-state index contributed by atoms with van der Waals surface area (Å²) in [7, 11) is 0. The Morgan fingerprint density at radius 2 is 1.62 bits per heavy atom. The van der Waals surface area contributed by atoms with Crippen LogP contribution in [0.5, 0.6) is 5.75 Å². The maximum absolute atomic E-state index is 10.4. The van der Waals surface area contributed by atoms with Gasteiger partial charge in [-0.1, -0.05) is 42.5 Å². The summed E-state index contributed by atoms with van der Waals surface area (Å²) in [6.45, 7) is 2.32. The molecule has 2 aromatic carbocycles. The van der Waals surface area contributed by atoms with Crippen LogP contribution in [0, 0.1) is 0 Å². The quantitative estimate of drug-likeness (QED) is 0.463. The summed E-state index contributed by atoms with van der Waals surface area (Å²) in [6, 6.07) is 17.0. The Hall–Kier alpha value is -1.92. The van der Waals surface area contributed by atoms with E-state index in [1.54, 1.807) is 19.1 Å². The van der Waals surface area contributed by atoms with Crippen LogP contribution in [0.15, 0.2) is 54.6 Å². The molecule has 3 atom stereocenters. The zero-order valence-electron chi connectivity index (χ0n) is 15.2. The summed E-state index contributed by atoms with van der Waals surface area (Å²) in [4.78, 5) is 0. The standard InChI is InChI=1S/C21H29NO4/c1-16(23)14-26-15-19(13-18-7-10-20(24)11-8-18)22-21(25)12-9-17-5-3-2-4-6-17/h2-8,10-11,16,19,21-25H,9,12-15H2,1H3. The highest BCUT2D eigenvalue weighted by Gasteiger charge is 2.15. The number of benzene rings is 2. The molecule has 5 heteroatoms. The molecular weight excluding hydrogens is 330 g/mol. The van der Waals surface area contributed by atoms with Crippen LogP contribution >= 0.6 is 0 Å². The fourth-order valence-electron chi connectivity index (χ4n) is 2.77. The van der Waals surface area contributed by atoms with E-state index in [1.807, 2.05) is 42.5 Å². The third-order valence-electron chi connectivity index (χ3n) is 4.07. The van der Waals surface area contributed by atoms with Crippen LogP contribution in [0.2, 0.25) is 0 Å². The van der Waals surface area contributed by atoms with E-state index < -0.39 is 12.3 Å². The third-order valence-corrected chi connectivity index (χ3v) is 4.07. The smallest absolute Gasteiger partial charge is 0.115 e. The lowest BCUT2D eigenvalue weighted by atomic mass is 10.0. The molecule has 2 rings (SSSR count). The van der Waals surface area contributed by atoms with Crippen molar-refractivity contribution in [2.75, 3.05) is 13.2 Å². The number of ether oxygens (including phenoxy) is 1. The summed E-state index contributed by atoms with van der Waals surface area (Å²) in [5, 5.41) is 32.3. The number of aromatic hydroxyl groups is 1. The Morgan fingerprint density at radius 3 is 2.27 bits per heavy atom. The molecular formula is C21H29NO4. The molecule has 142 valence electrons. The molecule has 0 aliphatic rings. The lowest BCUT2D eigenvalue weighted by Gasteiger charge is -2.23. The van der Waals surface area contributed by atoms with Crippen molar-refractivity contribution in [3.8, 4) is 5.75 Å². The van der Waals surface area contributed by atoms with Crippen molar-refractivity contribution < 1.29 is 20.1 Å². The number of hydrogen-bond acceptors (Lipinski definition) is 5. The van der Waals surface area contributed by atoms with Crippen molar-refractivity contribution in [1.29, 1.82) is 0 Å². The van der Waals surface area contributed by atoms with Gasteiger partial charge in [-0.2, -0.15) is 0 Å². The van der Waals surface area contributed by atoms with E-state index in [0.717, 1.165) is 12.0 Å². The lowest BCUT2D eigenvalue weighted by Crippen LogP contribution is -2.43. The third kappa shape index (κ3) is 7.97. The highest BCUT2D eigenvalue weighted by Crippen LogP contribution is 2.12. The average molecular weight is 359 g/mol. The number of rotatable bonds is 11. The molecule has 0 saturated heterocycles. The molecule has 0 radical (unpaired) electrons. The Bertz CT molecular complexity index is 616. The van der Waals surface area contributed by atoms with Gasteiger partial charge in [-0.25, -0.2) is 0 Å². The summed E-state index contributed by atoms with van der Waals surface area (Å²) in [6.07, 6.45) is 0.879. The molecule has 3 unspecified atom stereocenters. The number of phenols is 1. The van der Waals surface area contributed by atoms with Crippen molar-refractivity contribution in [2.45, 2.75) is 44.6 Å². The van der Waals surface area contributed by atoms with Gasteiger partial charge in [0.05, 0.1) is 19.3 Å². The second kappa shape index (κ2) is 10.9. The van der Waals surface area contributed by atoms with Gasteiger partial charge in [0.15, 0.2) is 0 Å². The molecule has 0 heterocycles. The first-order valence-corrected chi connectivity index (χ1v) is 9.04. The van der Waals surface area contributed by atoms with E-state index in [1.165, 1.54) is 5.56 Å². The Kier molecular flexibility index (Phi) is 8.58. The van der Waals surface area contributed by atoms with Gasteiger partial charge in [0.1, 0.15) is 12.0 Å². The number of aryl methyl sites for hydroxylation is 1. The topological polar surface area (TPSA) is 82.0 Å². The molecule has 0 fully saturated rings. The minimum atomic E-state index is -0.646. The molecule has 0 aliphatic carbocycles. The Balaban J connectivity index is 1.87. The molecule has 0 aromatic heterocycles. The predicted molar refractivity (Wildman–Crippen MR) is 102 cm³/mol. The SMILES string of the molecule is CC(O)COCC(Cc1ccc(O)cc1)NC(O)CCc1ccccc1. The van der Waals surface area contributed by atoms with Gasteiger partial charge in [0.2, 0.25) is 0 Å². The maximum Gasteiger partial charge on any atom is 0.115 e. The highest BCUT2D eigenvalue weighted by atomic mass is 16.5. The van der Waals surface area contributed by atoms with E-state index in [0.29, 0.717) is 19.4 Å². The first-order chi connectivity index (χ1) is 12.5. The van der Waals surface area contributed by atoms with Crippen LogP contribution < -0.4 is 5.32 Å². The largest absolute Gasteiger partial charge is 0.508 e. The fraction of sp³-hybridized carbons (Fsp3) is 0.429. The molecule has 0 aliphatic heterocycles. The summed E-state index contributed by atoms with van der Waals surface area (Å²) in [5.74, 6) is 0.228. The zero-order chi connectivity index (χ0) is 18.8. The van der Waals surface area contributed by atoms with Gasteiger partial charge in [-0.3, -0.25) is 5.32 Å². The van der Waals surface area contributed by atoms with Crippen LogP contribution in [-0.4, -0.2) is 46.9 Å². The van der Waals surface area contributed by atoms with E-state index in [4.69, 9.17) is 4.74 Å². The molecule has 5 nitrogen and oxygen atoms in total. The van der Waals surface area contributed by atoms with Gasteiger partial charge < -0.3 is 20.1 Å². The predicted octanol–water partition coefficient (Wildman–Crippen LogP) is 2.24. The van der Waals surface area contributed by atoms with Gasteiger partial charge >= 0.3 is 0 Å². The average Bonchev–Trinajstić information content (AvgIpc) is 2.62. The number of phenolic OH excluding ortho intramolecular Hbond substituents is 1. The van der Waals surface area contributed by atoms with Crippen molar-refractivity contribution in [1.82, 2.24) is 5.32 Å². The van der Waals surface area contributed by atoms with Crippen LogP contribution in [0.3, 0.4) is 0 Å². The lowest BCUT2D eigenvalue weighted by molar-refractivity contribution is 0.0229. The molecule has 0 saturated carbocycles. The molecule has 4 N–H and O–H groups in total. The molecule has 26 heavy (non-hydrogen) atoms. The first-order valence-electron chi connectivity index (χ1n) is 9.04. The normalized spacial score (nSPS) is 14.7. The summed E-state index contributed by atoms with van der Waals surface area (Å²) in [5.41, 5.74) is 2.23. The van der Waals surface area contributed by atoms with Crippen LogP contribution in [-0.2, 0) is 17.6 Å². The van der Waals surface area contributed by atoms with Gasteiger partial charge in [-0.05, 0) is 49.4 Å². The second-order valence-corrected chi connectivity index (χ2v) is 6.66. The van der Waals surface area contributed by atoms with Crippen molar-refractivity contribution in [2.24, 2.45) is 0 Å². The number of aliphatic hydroxyl groups excluding tert-OH is 2. The zero-order valence-corrected chi connectivity index (χ0v) is 15.2. The van der Waals surface area contributed by atoms with Gasteiger partial charge in [0, 0.05) is 6.04 Å². The van der Waals surface area contributed by atoms with Gasteiger partial charge in [0.25, 0.3) is 0 Å². The van der Waals surface area contributed by atoms with E-state index in [-0.39, 0.29) is 18.4 Å². The van der Waals surface area contributed by atoms with Crippen molar-refractivity contribution in [3.05, 3.63) is 65.7 Å². The van der Waals surface area contributed by atoms with Crippen molar-refractivity contribution in [3.63, 3.8) is 0 Å². The maximum atomic E-state index is 10.4. The highest BCUT2D eigenvalue weighted by molar-refractivity contribution is 5.26. The number of nitrogens with one attached hydrogen (secondary N) is 1. The van der Waals surface area contributed by atoms with E-state index >= 15 is 0 Å². The van der Waals surface area contributed by atoms with E-state index in [9.17, 15) is 15.3 Å². The minimum Gasteiger partial charge on any atom is -0.508 e. The monoisotopic (exact) mass is 359 g/mol. The van der Waals surface area contributed by atoms with Crippen LogP contribution in [0.25, 0.3) is 0 Å². The Morgan fingerprint density at radius 1 is 0.923 bits per heavy atom. The van der Waals surface area contributed by atoms with Crippen LogP contribution in [0.4, 0.5) is 0 Å². The minimum absolute atomic E-state index is 0.0935. The molecule has 0 amide bonds. The summed E-state index contributed by atoms with van der Waals surface area (Å²) < 4.78 is 5.54. The van der Waals surface area contributed by atoms with E-state index in [2.05, 4.69) is 5.32 Å². The number of aliphatic hydroxyl groups is 2. The van der Waals surface area contributed by atoms with Crippen LogP contribution in [0.1, 0.15) is 24.5 Å². The second-order valence-electron chi connectivity index (χ2n) is 6.66. The Labute approximate surface area is 155 Å². The number of hydrogen-bond donors (Lipinski definition) is 4. The molecule has 2 aromatic rings. The first kappa shape index (κ1) is 20.4.